The minimum absolute atomic E-state index is 0.0516. The van der Waals surface area contributed by atoms with Crippen molar-refractivity contribution in [1.29, 1.82) is 0 Å². The number of fused-ring (bicyclic) bond motifs is 2. The van der Waals surface area contributed by atoms with E-state index in [1.54, 1.807) is 12.1 Å². The molecule has 0 amide bonds. The molecule has 190 valence electrons. The molecule has 0 radical (unpaired) electrons. The third-order valence-electron chi connectivity index (χ3n) is 5.12. The van der Waals surface area contributed by atoms with Gasteiger partial charge >= 0.3 is 17.6 Å². The molecule has 0 saturated heterocycles. The van der Waals surface area contributed by atoms with E-state index in [0.717, 1.165) is 11.1 Å². The lowest BCUT2D eigenvalue weighted by Gasteiger charge is -2.25. The number of aromatic nitrogens is 4. The first-order valence-corrected chi connectivity index (χ1v) is 10.4. The van der Waals surface area contributed by atoms with Crippen LogP contribution in [-0.4, -0.2) is 87.0 Å². The molecule has 0 fully saturated rings. The number of aliphatic hydroxyl groups excluding tert-OH is 4. The summed E-state index contributed by atoms with van der Waals surface area (Å²) in [6, 6.07) is 3.53. The topological polar surface area (TPSA) is 236 Å². The second-order valence-corrected chi connectivity index (χ2v) is 7.79. The van der Waals surface area contributed by atoms with E-state index in [9.17, 15) is 34.5 Å². The normalized spacial score (nSPS) is 13.7. The molecule has 0 unspecified atom stereocenters. The standard InChI is InChI=1S/C17H20N4O6.C4H6O4/c1-7-3-9-10(4-8(7)2)21(5-11(23)14(25)12(24)6-22)15-13(18-9)16(26)20-17(27)19-15;5-3(6)1-2-4(7)8/h3-4,11-12,14,22-25H,5-6H2,1-2H3,(H,20,26,27);1-2H2,(H,5,6)(H,7,8)/t11-,12+,14-;/m1./s1. The lowest BCUT2D eigenvalue weighted by atomic mass is 10.1. The van der Waals surface area contributed by atoms with E-state index in [2.05, 4.69) is 15.0 Å². The first-order chi connectivity index (χ1) is 16.3. The Morgan fingerprint density at radius 1 is 0.971 bits per heavy atom. The number of hydrogen-bond donors (Lipinski definition) is 7. The molecule has 14 heteroatoms. The molecule has 7 N–H and O–H groups in total. The minimum atomic E-state index is -1.64. The number of aliphatic carboxylic acids is 2. The van der Waals surface area contributed by atoms with E-state index in [4.69, 9.17) is 15.3 Å². The number of H-pyrrole nitrogens is 1. The number of rotatable bonds is 8. The number of aromatic amines is 1. The summed E-state index contributed by atoms with van der Waals surface area (Å²) in [6.07, 6.45) is -5.27. The monoisotopic (exact) mass is 494 g/mol. The largest absolute Gasteiger partial charge is 0.481 e. The molecule has 1 aromatic rings. The predicted octanol–water partition coefficient (Wildman–Crippen LogP) is -1.79. The maximum atomic E-state index is 12.2. The van der Waals surface area contributed by atoms with E-state index in [0.29, 0.717) is 11.0 Å². The highest BCUT2D eigenvalue weighted by molar-refractivity contribution is 5.81. The van der Waals surface area contributed by atoms with Crippen LogP contribution in [0, 0.1) is 13.8 Å². The summed E-state index contributed by atoms with van der Waals surface area (Å²) in [7, 11) is 0. The SMILES string of the molecule is Cc1cc2nc3c(=O)[nH]c(=O)nc-3n(C[C@@H](O)[C@@H](O)[C@@H](O)CO)c2cc1C.O=C(O)CCC(=O)O. The van der Waals surface area contributed by atoms with Gasteiger partial charge in [-0.3, -0.25) is 19.4 Å². The fourth-order valence-corrected chi connectivity index (χ4v) is 3.11. The summed E-state index contributed by atoms with van der Waals surface area (Å²) >= 11 is 0. The molecule has 35 heavy (non-hydrogen) atoms. The summed E-state index contributed by atoms with van der Waals surface area (Å²) in [5.74, 6) is -2.20. The van der Waals surface area contributed by atoms with Crippen molar-refractivity contribution in [3.05, 3.63) is 44.1 Å². The Hall–Kier alpha value is -3.72. The summed E-state index contributed by atoms with van der Waals surface area (Å²) in [5.41, 5.74) is 1.11. The summed E-state index contributed by atoms with van der Waals surface area (Å²) in [4.78, 5) is 53.3. The van der Waals surface area contributed by atoms with Crippen molar-refractivity contribution >= 4 is 23.0 Å². The first-order valence-electron chi connectivity index (χ1n) is 10.4. The number of hydrogen-bond acceptors (Lipinski definition) is 10. The number of carbonyl (C=O) groups is 2. The van der Waals surface area contributed by atoms with Gasteiger partial charge in [0, 0.05) is 0 Å². The molecule has 0 bridgehead atoms. The van der Waals surface area contributed by atoms with Gasteiger partial charge in [-0.05, 0) is 37.1 Å². The number of aliphatic hydroxyl groups is 4. The Morgan fingerprint density at radius 3 is 2.09 bits per heavy atom. The van der Waals surface area contributed by atoms with Crippen LogP contribution >= 0.6 is 0 Å². The summed E-state index contributed by atoms with van der Waals surface area (Å²) < 4.78 is 1.40. The molecule has 0 saturated carbocycles. The Bertz CT molecular complexity index is 1290. The zero-order chi connectivity index (χ0) is 26.4. The van der Waals surface area contributed by atoms with Gasteiger partial charge in [-0.25, -0.2) is 9.78 Å². The van der Waals surface area contributed by atoms with E-state index in [-0.39, 0.29) is 30.9 Å². The Morgan fingerprint density at radius 2 is 1.54 bits per heavy atom. The molecule has 0 spiro atoms. The fourth-order valence-electron chi connectivity index (χ4n) is 3.11. The first kappa shape index (κ1) is 27.5. The minimum Gasteiger partial charge on any atom is -0.481 e. The van der Waals surface area contributed by atoms with Gasteiger partial charge in [0.05, 0.1) is 37.0 Å². The molecule has 14 nitrogen and oxygen atoms in total. The molecule has 0 aromatic heterocycles. The van der Waals surface area contributed by atoms with Crippen LogP contribution in [0.4, 0.5) is 0 Å². The molecule has 2 aliphatic heterocycles. The highest BCUT2D eigenvalue weighted by Gasteiger charge is 2.27. The van der Waals surface area contributed by atoms with Crippen LogP contribution < -0.4 is 11.2 Å². The molecular weight excluding hydrogens is 468 g/mol. The zero-order valence-electron chi connectivity index (χ0n) is 18.9. The molecular formula is C21H26N4O10. The van der Waals surface area contributed by atoms with Crippen LogP contribution in [0.15, 0.2) is 21.7 Å². The maximum Gasteiger partial charge on any atom is 0.349 e. The Balaban J connectivity index is 0.000000466. The molecule has 3 rings (SSSR count). The third kappa shape index (κ3) is 6.89. The highest BCUT2D eigenvalue weighted by Crippen LogP contribution is 2.24. The van der Waals surface area contributed by atoms with Crippen LogP contribution in [0.1, 0.15) is 24.0 Å². The van der Waals surface area contributed by atoms with Crippen LogP contribution in [0.25, 0.3) is 22.6 Å². The Kier molecular flexibility index (Phi) is 9.13. The number of aryl methyl sites for hydroxylation is 2. The van der Waals surface area contributed by atoms with Crippen molar-refractivity contribution in [2.24, 2.45) is 0 Å². The van der Waals surface area contributed by atoms with Gasteiger partial charge in [-0.2, -0.15) is 4.98 Å². The van der Waals surface area contributed by atoms with Gasteiger partial charge in [0.1, 0.15) is 18.3 Å². The second-order valence-electron chi connectivity index (χ2n) is 7.79. The average molecular weight is 494 g/mol. The van der Waals surface area contributed by atoms with Crippen molar-refractivity contribution in [3.63, 3.8) is 0 Å². The predicted molar refractivity (Wildman–Crippen MR) is 120 cm³/mol. The lowest BCUT2D eigenvalue weighted by molar-refractivity contribution is -0.143. The van der Waals surface area contributed by atoms with Crippen molar-refractivity contribution in [1.82, 2.24) is 19.5 Å². The van der Waals surface area contributed by atoms with Gasteiger partial charge < -0.3 is 35.2 Å². The van der Waals surface area contributed by atoms with Gasteiger partial charge in [-0.15, -0.1) is 0 Å². The highest BCUT2D eigenvalue weighted by atomic mass is 16.4. The number of carboxylic acids is 2. The quantitative estimate of drug-likeness (QED) is 0.172. The zero-order valence-corrected chi connectivity index (χ0v) is 18.9. The molecule has 2 heterocycles. The van der Waals surface area contributed by atoms with E-state index in [1.165, 1.54) is 4.57 Å². The third-order valence-corrected chi connectivity index (χ3v) is 5.12. The summed E-state index contributed by atoms with van der Waals surface area (Å²) in [6.45, 7) is 2.73. The molecule has 1 aromatic carbocycles. The van der Waals surface area contributed by atoms with Crippen LogP contribution in [-0.2, 0) is 16.1 Å². The van der Waals surface area contributed by atoms with Crippen LogP contribution in [0.3, 0.4) is 0 Å². The Labute approximate surface area is 197 Å². The fraction of sp³-hybridized carbons (Fsp3) is 0.429. The van der Waals surface area contributed by atoms with Crippen molar-refractivity contribution < 1.29 is 40.2 Å². The number of nitrogens with zero attached hydrogens (tertiary/aromatic N) is 3. The van der Waals surface area contributed by atoms with Crippen molar-refractivity contribution in [2.45, 2.75) is 51.5 Å². The number of benzene rings is 1. The van der Waals surface area contributed by atoms with Gasteiger partial charge in [0.25, 0.3) is 5.56 Å². The molecule has 3 atom stereocenters. The van der Waals surface area contributed by atoms with Crippen molar-refractivity contribution in [3.8, 4) is 11.5 Å². The van der Waals surface area contributed by atoms with Gasteiger partial charge in [-0.1, -0.05) is 0 Å². The van der Waals surface area contributed by atoms with Gasteiger partial charge in [0.2, 0.25) is 0 Å². The number of nitrogens with one attached hydrogen (secondary N) is 1. The van der Waals surface area contributed by atoms with E-state index >= 15 is 0 Å². The average Bonchev–Trinajstić information content (AvgIpc) is 2.78. The maximum absolute atomic E-state index is 12.2. The van der Waals surface area contributed by atoms with E-state index in [1.807, 2.05) is 13.8 Å². The lowest BCUT2D eigenvalue weighted by Crippen LogP contribution is -2.42. The summed E-state index contributed by atoms with van der Waals surface area (Å²) in [5, 5.41) is 54.6. The van der Waals surface area contributed by atoms with Crippen LogP contribution in [0.5, 0.6) is 0 Å². The van der Waals surface area contributed by atoms with Gasteiger partial charge in [0.15, 0.2) is 11.5 Å². The number of carboxylic acid groups (broad SMARTS) is 2. The van der Waals surface area contributed by atoms with Crippen LogP contribution in [0.2, 0.25) is 0 Å². The molecule has 0 aliphatic carbocycles. The van der Waals surface area contributed by atoms with Crippen molar-refractivity contribution in [2.75, 3.05) is 6.61 Å². The second kappa shape index (κ2) is 11.6. The van der Waals surface area contributed by atoms with E-state index < -0.39 is 48.1 Å². The smallest absolute Gasteiger partial charge is 0.349 e. The molecule has 2 aliphatic rings.